The lowest BCUT2D eigenvalue weighted by molar-refractivity contribution is -0.130. The van der Waals surface area contributed by atoms with Crippen LogP contribution in [-0.4, -0.2) is 15.5 Å². The van der Waals surface area contributed by atoms with Crippen molar-refractivity contribution in [3.8, 4) is 0 Å². The summed E-state index contributed by atoms with van der Waals surface area (Å²) in [5.74, 6) is 1.74. The van der Waals surface area contributed by atoms with Gasteiger partial charge in [-0.15, -0.1) is 0 Å². The molecule has 0 radical (unpaired) electrons. The van der Waals surface area contributed by atoms with Gasteiger partial charge in [-0.05, 0) is 49.8 Å². The summed E-state index contributed by atoms with van der Waals surface area (Å²) in [7, 11) is 0. The van der Waals surface area contributed by atoms with Crippen LogP contribution in [0.1, 0.15) is 58.2 Å². The molecular weight excluding hydrogens is 298 g/mol. The van der Waals surface area contributed by atoms with Crippen LogP contribution in [-0.2, 0) is 11.3 Å². The van der Waals surface area contributed by atoms with Crippen LogP contribution >= 0.6 is 0 Å². The number of carbonyl (C=O) groups is 1. The molecule has 3 unspecified atom stereocenters. The number of aromatic nitrogens is 2. The van der Waals surface area contributed by atoms with E-state index in [-0.39, 0.29) is 17.4 Å². The largest absolute Gasteiger partial charge is 0.348 e. The number of fused-ring (bicyclic) bond motifs is 2. The molecule has 3 atom stereocenters. The summed E-state index contributed by atoms with van der Waals surface area (Å²) in [6.07, 6.45) is 6.82. The Morgan fingerprint density at radius 3 is 2.92 bits per heavy atom. The van der Waals surface area contributed by atoms with Gasteiger partial charge in [0.25, 0.3) is 0 Å². The maximum atomic E-state index is 12.7. The van der Waals surface area contributed by atoms with Gasteiger partial charge >= 0.3 is 0 Å². The standard InChI is InChI=1S/C20H27N3O/c1-13-17-7-6-14-8-10-23(18(14)22-17)12-16-11-15(16)5-4-9-20(2,3)19(24)21-13/h6-8,10,13,15-16H,4-5,9,11-12H2,1-3H3,(H,21,24). The highest BCUT2D eigenvalue weighted by Crippen LogP contribution is 2.44. The average molecular weight is 325 g/mol. The molecule has 1 aliphatic heterocycles. The fourth-order valence-electron chi connectivity index (χ4n) is 3.99. The number of nitrogens with one attached hydrogen (secondary N) is 1. The molecule has 4 nitrogen and oxygen atoms in total. The summed E-state index contributed by atoms with van der Waals surface area (Å²) in [5, 5.41) is 4.35. The van der Waals surface area contributed by atoms with Crippen molar-refractivity contribution < 1.29 is 4.79 Å². The minimum absolute atomic E-state index is 0.0684. The number of amides is 1. The lowest BCUT2D eigenvalue weighted by Crippen LogP contribution is -2.38. The van der Waals surface area contributed by atoms with E-state index in [1.807, 2.05) is 13.0 Å². The Labute approximate surface area is 143 Å². The lowest BCUT2D eigenvalue weighted by Gasteiger charge is -2.26. The SMILES string of the molecule is CC1NC(=O)C(C)(C)CCCC2CC2Cn2ccc3ccc1nc32. The van der Waals surface area contributed by atoms with Crippen molar-refractivity contribution in [2.75, 3.05) is 0 Å². The molecule has 0 aromatic carbocycles. The first-order valence-corrected chi connectivity index (χ1v) is 9.21. The Bertz CT molecular complexity index is 776. The molecule has 2 bridgehead atoms. The third kappa shape index (κ3) is 2.83. The van der Waals surface area contributed by atoms with Crippen LogP contribution in [0.5, 0.6) is 0 Å². The fourth-order valence-corrected chi connectivity index (χ4v) is 3.99. The van der Waals surface area contributed by atoms with Crippen molar-refractivity contribution >= 4 is 16.9 Å². The molecule has 0 spiro atoms. The molecule has 3 heterocycles. The Morgan fingerprint density at radius 1 is 1.25 bits per heavy atom. The van der Waals surface area contributed by atoms with Crippen molar-refractivity contribution in [1.82, 2.24) is 14.9 Å². The van der Waals surface area contributed by atoms with E-state index >= 15 is 0 Å². The molecule has 1 amide bonds. The molecule has 4 heteroatoms. The normalized spacial score (nSPS) is 29.8. The zero-order chi connectivity index (χ0) is 16.9. The van der Waals surface area contributed by atoms with Crippen molar-refractivity contribution in [3.05, 3.63) is 30.1 Å². The van der Waals surface area contributed by atoms with Gasteiger partial charge in [-0.25, -0.2) is 4.98 Å². The lowest BCUT2D eigenvalue weighted by atomic mass is 9.85. The third-order valence-corrected chi connectivity index (χ3v) is 5.92. The van der Waals surface area contributed by atoms with Gasteiger partial charge in [-0.3, -0.25) is 4.79 Å². The molecule has 2 aliphatic rings. The second-order valence-electron chi connectivity index (χ2n) is 8.34. The molecule has 1 saturated carbocycles. The van der Waals surface area contributed by atoms with E-state index in [9.17, 15) is 4.79 Å². The summed E-state index contributed by atoms with van der Waals surface area (Å²) < 4.78 is 2.30. The quantitative estimate of drug-likeness (QED) is 0.794. The first kappa shape index (κ1) is 15.7. The second-order valence-corrected chi connectivity index (χ2v) is 8.34. The minimum Gasteiger partial charge on any atom is -0.348 e. The molecule has 2 aromatic heterocycles. The summed E-state index contributed by atoms with van der Waals surface area (Å²) >= 11 is 0. The second kappa shape index (κ2) is 5.61. The maximum Gasteiger partial charge on any atom is 0.226 e. The fraction of sp³-hybridized carbons (Fsp3) is 0.600. The van der Waals surface area contributed by atoms with Crippen LogP contribution in [0.2, 0.25) is 0 Å². The van der Waals surface area contributed by atoms with E-state index < -0.39 is 0 Å². The number of hydrogen-bond acceptors (Lipinski definition) is 2. The van der Waals surface area contributed by atoms with Crippen LogP contribution in [0.4, 0.5) is 0 Å². The third-order valence-electron chi connectivity index (χ3n) is 5.92. The highest BCUT2D eigenvalue weighted by molar-refractivity contribution is 5.82. The van der Waals surface area contributed by atoms with Crippen LogP contribution in [0.25, 0.3) is 11.0 Å². The summed E-state index contributed by atoms with van der Waals surface area (Å²) in [6.45, 7) is 7.23. The molecule has 4 rings (SSSR count). The zero-order valence-corrected chi connectivity index (χ0v) is 14.9. The molecule has 1 aliphatic carbocycles. The Kier molecular flexibility index (Phi) is 3.66. The Balaban J connectivity index is 1.70. The molecule has 128 valence electrons. The smallest absolute Gasteiger partial charge is 0.226 e. The number of pyridine rings is 1. The summed E-state index contributed by atoms with van der Waals surface area (Å²) in [5.41, 5.74) is 1.68. The predicted molar refractivity (Wildman–Crippen MR) is 95.5 cm³/mol. The molecule has 0 saturated heterocycles. The van der Waals surface area contributed by atoms with Gasteiger partial charge in [-0.2, -0.15) is 0 Å². The number of nitrogens with zero attached hydrogens (tertiary/aromatic N) is 2. The van der Waals surface area contributed by atoms with Crippen LogP contribution in [0, 0.1) is 17.3 Å². The Morgan fingerprint density at radius 2 is 2.08 bits per heavy atom. The molecule has 24 heavy (non-hydrogen) atoms. The van der Waals surface area contributed by atoms with Crippen molar-refractivity contribution in [2.45, 2.75) is 59.0 Å². The first-order chi connectivity index (χ1) is 11.4. The Hall–Kier alpha value is -1.84. The van der Waals surface area contributed by atoms with Crippen molar-refractivity contribution in [2.24, 2.45) is 17.3 Å². The minimum atomic E-state index is -0.312. The van der Waals surface area contributed by atoms with Crippen LogP contribution < -0.4 is 5.32 Å². The molecule has 1 fully saturated rings. The number of hydrogen-bond donors (Lipinski definition) is 1. The number of carbonyl (C=O) groups excluding carboxylic acids is 1. The van der Waals surface area contributed by atoms with Gasteiger partial charge in [-0.1, -0.05) is 26.7 Å². The topological polar surface area (TPSA) is 46.9 Å². The van der Waals surface area contributed by atoms with Gasteiger partial charge in [0.05, 0.1) is 11.7 Å². The van der Waals surface area contributed by atoms with E-state index in [1.54, 1.807) is 0 Å². The summed E-state index contributed by atoms with van der Waals surface area (Å²) in [6, 6.07) is 6.24. The average Bonchev–Trinajstić information content (AvgIpc) is 3.15. The zero-order valence-electron chi connectivity index (χ0n) is 14.9. The van der Waals surface area contributed by atoms with Gasteiger partial charge in [0.15, 0.2) is 0 Å². The molecule has 1 N–H and O–H groups in total. The monoisotopic (exact) mass is 325 g/mol. The van der Waals surface area contributed by atoms with Gasteiger partial charge < -0.3 is 9.88 Å². The van der Waals surface area contributed by atoms with E-state index in [0.29, 0.717) is 0 Å². The van der Waals surface area contributed by atoms with Crippen LogP contribution in [0.15, 0.2) is 24.4 Å². The predicted octanol–water partition coefficient (Wildman–Crippen LogP) is 4.06. The highest BCUT2D eigenvalue weighted by Gasteiger charge is 2.38. The van der Waals surface area contributed by atoms with Crippen molar-refractivity contribution in [1.29, 1.82) is 0 Å². The van der Waals surface area contributed by atoms with E-state index in [1.165, 1.54) is 18.2 Å². The van der Waals surface area contributed by atoms with Gasteiger partial charge in [0.2, 0.25) is 5.91 Å². The van der Waals surface area contributed by atoms with E-state index in [4.69, 9.17) is 4.98 Å². The molecule has 2 aromatic rings. The maximum absolute atomic E-state index is 12.7. The number of rotatable bonds is 0. The van der Waals surface area contributed by atoms with Gasteiger partial charge in [0.1, 0.15) is 5.65 Å². The van der Waals surface area contributed by atoms with E-state index in [2.05, 4.69) is 42.1 Å². The first-order valence-electron chi connectivity index (χ1n) is 9.21. The molecular formula is C20H27N3O. The van der Waals surface area contributed by atoms with E-state index in [0.717, 1.165) is 42.6 Å². The summed E-state index contributed by atoms with van der Waals surface area (Å²) in [4.78, 5) is 17.6. The van der Waals surface area contributed by atoms with Crippen molar-refractivity contribution in [3.63, 3.8) is 0 Å². The van der Waals surface area contributed by atoms with Crippen LogP contribution in [0.3, 0.4) is 0 Å². The highest BCUT2D eigenvalue weighted by atomic mass is 16.2. The van der Waals surface area contributed by atoms with Gasteiger partial charge in [0, 0.05) is 23.5 Å².